The highest BCUT2D eigenvalue weighted by Crippen LogP contribution is 2.41. The Bertz CT molecular complexity index is 412. The molecule has 0 spiro atoms. The minimum Gasteiger partial charge on any atom is -0.316 e. The van der Waals surface area contributed by atoms with Gasteiger partial charge < -0.3 is 5.32 Å². The highest BCUT2D eigenvalue weighted by Gasteiger charge is 2.35. The van der Waals surface area contributed by atoms with Crippen LogP contribution in [-0.4, -0.2) is 13.1 Å². The van der Waals surface area contributed by atoms with Gasteiger partial charge >= 0.3 is 0 Å². The zero-order valence-electron chi connectivity index (χ0n) is 14.1. The Kier molecular flexibility index (Phi) is 6.76. The van der Waals surface area contributed by atoms with E-state index in [2.05, 4.69) is 43.4 Å². The average Bonchev–Trinajstić information content (AvgIpc) is 2.52. The van der Waals surface area contributed by atoms with Gasteiger partial charge in [-0.15, -0.1) is 0 Å². The average molecular weight is 287 g/mol. The molecule has 1 aliphatic rings. The van der Waals surface area contributed by atoms with Gasteiger partial charge in [-0.3, -0.25) is 0 Å². The lowest BCUT2D eigenvalue weighted by molar-refractivity contribution is 0.305. The van der Waals surface area contributed by atoms with Crippen molar-refractivity contribution in [3.63, 3.8) is 0 Å². The lowest BCUT2D eigenvalue weighted by atomic mass is 9.67. The summed E-state index contributed by atoms with van der Waals surface area (Å²) < 4.78 is 0. The molecule has 21 heavy (non-hydrogen) atoms. The zero-order valence-corrected chi connectivity index (χ0v) is 14.1. The monoisotopic (exact) mass is 287 g/mol. The summed E-state index contributed by atoms with van der Waals surface area (Å²) in [7, 11) is 0. The van der Waals surface area contributed by atoms with Crippen LogP contribution in [0, 0.1) is 0 Å². The van der Waals surface area contributed by atoms with Gasteiger partial charge in [0.2, 0.25) is 0 Å². The third-order valence-corrected chi connectivity index (χ3v) is 5.09. The fraction of sp³-hybridized carbons (Fsp3) is 0.700. The summed E-state index contributed by atoms with van der Waals surface area (Å²) in [5, 5.41) is 3.73. The van der Waals surface area contributed by atoms with Gasteiger partial charge in [0.1, 0.15) is 0 Å². The third-order valence-electron chi connectivity index (χ3n) is 5.09. The number of nitrogens with one attached hydrogen (secondary N) is 1. The molecule has 1 aromatic rings. The fourth-order valence-corrected chi connectivity index (χ4v) is 3.93. The molecule has 0 saturated carbocycles. The predicted molar refractivity (Wildman–Crippen MR) is 93.0 cm³/mol. The first-order valence-electron chi connectivity index (χ1n) is 9.11. The smallest absolute Gasteiger partial charge is 0.00806 e. The van der Waals surface area contributed by atoms with Gasteiger partial charge in [0.05, 0.1) is 0 Å². The SMILES string of the molecule is CCCCCCC1(CNCCC)CCCc2ccccc21. The quantitative estimate of drug-likeness (QED) is 0.613. The van der Waals surface area contributed by atoms with Gasteiger partial charge in [-0.25, -0.2) is 0 Å². The van der Waals surface area contributed by atoms with E-state index >= 15 is 0 Å². The van der Waals surface area contributed by atoms with Crippen LogP contribution < -0.4 is 5.32 Å². The fourth-order valence-electron chi connectivity index (χ4n) is 3.93. The summed E-state index contributed by atoms with van der Waals surface area (Å²) in [6.07, 6.45) is 12.1. The van der Waals surface area contributed by atoms with E-state index in [9.17, 15) is 0 Å². The molecule has 0 amide bonds. The minimum absolute atomic E-state index is 0.401. The minimum atomic E-state index is 0.401. The first kappa shape index (κ1) is 16.5. The molecule has 0 heterocycles. The van der Waals surface area contributed by atoms with E-state index in [1.165, 1.54) is 64.3 Å². The van der Waals surface area contributed by atoms with Crippen LogP contribution in [-0.2, 0) is 11.8 Å². The number of hydrogen-bond donors (Lipinski definition) is 1. The van der Waals surface area contributed by atoms with Crippen LogP contribution in [0.4, 0.5) is 0 Å². The van der Waals surface area contributed by atoms with Crippen molar-refractivity contribution >= 4 is 0 Å². The number of aryl methyl sites for hydroxylation is 1. The van der Waals surface area contributed by atoms with Gasteiger partial charge in [0, 0.05) is 12.0 Å². The summed E-state index contributed by atoms with van der Waals surface area (Å²) in [6, 6.07) is 9.22. The second kappa shape index (κ2) is 8.58. The summed E-state index contributed by atoms with van der Waals surface area (Å²) >= 11 is 0. The molecule has 1 unspecified atom stereocenters. The molecule has 0 radical (unpaired) electrons. The Balaban J connectivity index is 2.12. The maximum absolute atomic E-state index is 3.73. The maximum Gasteiger partial charge on any atom is 0.00806 e. The normalized spacial score (nSPS) is 21.2. The van der Waals surface area contributed by atoms with Gasteiger partial charge in [0.15, 0.2) is 0 Å². The lowest BCUT2D eigenvalue weighted by Crippen LogP contribution is -2.41. The number of unbranched alkanes of at least 4 members (excludes halogenated alkanes) is 3. The first-order valence-corrected chi connectivity index (χ1v) is 9.11. The molecular weight excluding hydrogens is 254 g/mol. The molecule has 0 saturated heterocycles. The Hall–Kier alpha value is -0.820. The molecule has 1 atom stereocenters. The summed E-state index contributed by atoms with van der Waals surface area (Å²) in [5.74, 6) is 0. The molecule has 1 heteroatoms. The summed E-state index contributed by atoms with van der Waals surface area (Å²) in [4.78, 5) is 0. The number of hydrogen-bond acceptors (Lipinski definition) is 1. The summed E-state index contributed by atoms with van der Waals surface area (Å²) in [6.45, 7) is 6.88. The van der Waals surface area contributed by atoms with Gasteiger partial charge in [0.25, 0.3) is 0 Å². The molecule has 0 aromatic heterocycles. The number of rotatable bonds is 9. The van der Waals surface area contributed by atoms with E-state index in [-0.39, 0.29) is 0 Å². The molecule has 0 bridgehead atoms. The third kappa shape index (κ3) is 4.32. The zero-order chi connectivity index (χ0) is 15.0. The number of benzene rings is 1. The highest BCUT2D eigenvalue weighted by atomic mass is 14.9. The molecule has 1 nitrogen and oxygen atoms in total. The van der Waals surface area contributed by atoms with Gasteiger partial charge in [-0.05, 0) is 49.8 Å². The van der Waals surface area contributed by atoms with Crippen molar-refractivity contribution in [3.05, 3.63) is 35.4 Å². The topological polar surface area (TPSA) is 12.0 Å². The Morgan fingerprint density at radius 3 is 2.71 bits per heavy atom. The molecule has 1 aliphatic carbocycles. The molecule has 1 aromatic carbocycles. The Labute approximate surface area is 131 Å². The van der Waals surface area contributed by atoms with Crippen molar-refractivity contribution < 1.29 is 0 Å². The lowest BCUT2D eigenvalue weighted by Gasteiger charge is -2.40. The molecule has 0 aliphatic heterocycles. The van der Waals surface area contributed by atoms with Crippen LogP contribution in [0.5, 0.6) is 0 Å². The molecule has 118 valence electrons. The standard InChI is InChI=1S/C20H33N/c1-3-5-6-9-14-20(17-21-16-4-2)15-10-12-18-11-7-8-13-19(18)20/h7-8,11,13,21H,3-6,9-10,12,14-17H2,1-2H3. The first-order chi connectivity index (χ1) is 10.3. The van der Waals surface area contributed by atoms with E-state index < -0.39 is 0 Å². The Morgan fingerprint density at radius 2 is 1.90 bits per heavy atom. The van der Waals surface area contributed by atoms with Crippen molar-refractivity contribution in [3.8, 4) is 0 Å². The predicted octanol–water partition coefficient (Wildman–Crippen LogP) is 5.23. The second-order valence-electron chi connectivity index (χ2n) is 6.78. The van der Waals surface area contributed by atoms with Crippen molar-refractivity contribution in [2.45, 2.75) is 77.0 Å². The van der Waals surface area contributed by atoms with Crippen LogP contribution >= 0.6 is 0 Å². The van der Waals surface area contributed by atoms with E-state index in [1.54, 1.807) is 11.1 Å². The number of fused-ring (bicyclic) bond motifs is 1. The van der Waals surface area contributed by atoms with Gasteiger partial charge in [-0.1, -0.05) is 63.8 Å². The molecule has 0 fully saturated rings. The van der Waals surface area contributed by atoms with Crippen LogP contribution in [0.1, 0.15) is 76.3 Å². The molecule has 2 rings (SSSR count). The second-order valence-corrected chi connectivity index (χ2v) is 6.78. The Morgan fingerprint density at radius 1 is 1.05 bits per heavy atom. The van der Waals surface area contributed by atoms with E-state index in [0.717, 1.165) is 6.54 Å². The largest absolute Gasteiger partial charge is 0.316 e. The van der Waals surface area contributed by atoms with Crippen LogP contribution in [0.15, 0.2) is 24.3 Å². The maximum atomic E-state index is 3.73. The van der Waals surface area contributed by atoms with Crippen molar-refractivity contribution in [2.24, 2.45) is 0 Å². The molecular formula is C20H33N. The van der Waals surface area contributed by atoms with Crippen molar-refractivity contribution in [1.82, 2.24) is 5.32 Å². The molecule has 1 N–H and O–H groups in total. The van der Waals surface area contributed by atoms with Gasteiger partial charge in [-0.2, -0.15) is 0 Å². The van der Waals surface area contributed by atoms with E-state index in [1.807, 2.05) is 0 Å². The van der Waals surface area contributed by atoms with Crippen molar-refractivity contribution in [2.75, 3.05) is 13.1 Å². The highest BCUT2D eigenvalue weighted by molar-refractivity contribution is 5.37. The van der Waals surface area contributed by atoms with E-state index in [4.69, 9.17) is 0 Å². The van der Waals surface area contributed by atoms with Crippen LogP contribution in [0.3, 0.4) is 0 Å². The van der Waals surface area contributed by atoms with Crippen LogP contribution in [0.25, 0.3) is 0 Å². The summed E-state index contributed by atoms with van der Waals surface area (Å²) in [5.41, 5.74) is 3.66. The van der Waals surface area contributed by atoms with Crippen LogP contribution in [0.2, 0.25) is 0 Å². The van der Waals surface area contributed by atoms with Crippen molar-refractivity contribution in [1.29, 1.82) is 0 Å². The van der Waals surface area contributed by atoms with E-state index in [0.29, 0.717) is 5.41 Å².